The van der Waals surface area contributed by atoms with Gasteiger partial charge in [-0.15, -0.1) is 0 Å². The van der Waals surface area contributed by atoms with Crippen molar-refractivity contribution in [2.45, 2.75) is 38.8 Å². The van der Waals surface area contributed by atoms with Gasteiger partial charge in [0, 0.05) is 16.3 Å². The lowest BCUT2D eigenvalue weighted by Crippen LogP contribution is -2.43. The van der Waals surface area contributed by atoms with Gasteiger partial charge in [0.1, 0.15) is 22.8 Å². The largest absolute Gasteiger partial charge is 0.480 e. The summed E-state index contributed by atoms with van der Waals surface area (Å²) in [6.45, 7) is 5.18. The van der Waals surface area contributed by atoms with Crippen LogP contribution >= 0.6 is 0 Å². The number of carbonyl (C=O) groups excluding carboxylic acids is 1. The summed E-state index contributed by atoms with van der Waals surface area (Å²) in [6, 6.07) is 29.5. The maximum Gasteiger partial charge on any atom is 0.408 e. The average molecular weight is 534 g/mol. The van der Waals surface area contributed by atoms with Crippen LogP contribution in [0.4, 0.5) is 4.79 Å². The minimum Gasteiger partial charge on any atom is -0.480 e. The summed E-state index contributed by atoms with van der Waals surface area (Å²) >= 11 is 0. The summed E-state index contributed by atoms with van der Waals surface area (Å²) in [6.07, 6.45) is 2.97. The van der Waals surface area contributed by atoms with Crippen molar-refractivity contribution in [3.63, 3.8) is 0 Å². The van der Waals surface area contributed by atoms with E-state index in [-0.39, 0.29) is 6.42 Å². The molecule has 0 bridgehead atoms. The predicted molar refractivity (Wildman–Crippen MR) is 159 cm³/mol. The number of hydrogen-bond donors (Lipinski definition) is 2. The third-order valence-electron chi connectivity index (χ3n) is 6.47. The number of carboxylic acids is 1. The van der Waals surface area contributed by atoms with E-state index in [2.05, 4.69) is 53.8 Å². The van der Waals surface area contributed by atoms with Crippen molar-refractivity contribution >= 4 is 40.1 Å². The molecule has 202 valence electrons. The van der Waals surface area contributed by atoms with Gasteiger partial charge in [0.05, 0.1) is 0 Å². The summed E-state index contributed by atoms with van der Waals surface area (Å²) < 4.78 is 11.4. The van der Waals surface area contributed by atoms with Crippen LogP contribution in [-0.4, -0.2) is 28.8 Å². The standard InChI is InChI=1S/C34H31NO5/c1-34(2,3)40-33(38)35-29(32(36)37)18-7-11-22-10-6-12-23(20-22)24-13-8-14-25(21-24)26-16-9-17-28-27-15-4-5-19-30(27)39-31(26)28/h4-17,19-21,29H,18H2,1-3H3,(H,35,38)(H,36,37). The number of fused-ring (bicyclic) bond motifs is 3. The van der Waals surface area contributed by atoms with E-state index >= 15 is 0 Å². The molecule has 1 atom stereocenters. The molecule has 0 fully saturated rings. The molecule has 0 aliphatic heterocycles. The number of benzene rings is 4. The van der Waals surface area contributed by atoms with Crippen LogP contribution in [0, 0.1) is 0 Å². The topological polar surface area (TPSA) is 88.8 Å². The SMILES string of the molecule is CC(C)(C)OC(=O)NC(CC=Cc1cccc(-c2cccc(-c3cccc4c3oc3ccccc34)c2)c1)C(=O)O. The van der Waals surface area contributed by atoms with Gasteiger partial charge in [-0.25, -0.2) is 9.59 Å². The highest BCUT2D eigenvalue weighted by atomic mass is 16.6. The number of furan rings is 1. The molecule has 40 heavy (non-hydrogen) atoms. The number of amides is 1. The van der Waals surface area contributed by atoms with E-state index < -0.39 is 23.7 Å². The van der Waals surface area contributed by atoms with Gasteiger partial charge in [0.15, 0.2) is 0 Å². The van der Waals surface area contributed by atoms with Gasteiger partial charge in [-0.05, 0) is 67.6 Å². The molecule has 1 heterocycles. The van der Waals surface area contributed by atoms with Gasteiger partial charge in [-0.2, -0.15) is 0 Å². The zero-order valence-electron chi connectivity index (χ0n) is 22.7. The van der Waals surface area contributed by atoms with Gasteiger partial charge in [-0.1, -0.05) is 84.9 Å². The van der Waals surface area contributed by atoms with Gasteiger partial charge in [-0.3, -0.25) is 0 Å². The molecule has 0 saturated heterocycles. The predicted octanol–water partition coefficient (Wildman–Crippen LogP) is 8.30. The molecule has 6 nitrogen and oxygen atoms in total. The summed E-state index contributed by atoms with van der Waals surface area (Å²) in [5.41, 5.74) is 6.11. The van der Waals surface area contributed by atoms with Crippen LogP contribution in [0.5, 0.6) is 0 Å². The average Bonchev–Trinajstić information content (AvgIpc) is 3.31. The lowest BCUT2D eigenvalue weighted by atomic mass is 9.97. The molecule has 2 N–H and O–H groups in total. The van der Waals surface area contributed by atoms with Crippen LogP contribution in [-0.2, 0) is 9.53 Å². The number of nitrogens with one attached hydrogen (secondary N) is 1. The van der Waals surface area contributed by atoms with Crippen molar-refractivity contribution in [2.24, 2.45) is 0 Å². The molecule has 0 radical (unpaired) electrons. The molecule has 6 heteroatoms. The van der Waals surface area contributed by atoms with Crippen LogP contribution in [0.1, 0.15) is 32.8 Å². The minimum absolute atomic E-state index is 0.121. The Morgan fingerprint density at radius 3 is 2.33 bits per heavy atom. The first kappa shape index (κ1) is 26.8. The molecular formula is C34H31NO5. The highest BCUT2D eigenvalue weighted by Gasteiger charge is 2.23. The molecule has 5 rings (SSSR count). The zero-order chi connectivity index (χ0) is 28.3. The summed E-state index contributed by atoms with van der Waals surface area (Å²) in [5, 5.41) is 14.1. The van der Waals surface area contributed by atoms with E-state index in [4.69, 9.17) is 9.15 Å². The lowest BCUT2D eigenvalue weighted by Gasteiger charge is -2.21. The highest BCUT2D eigenvalue weighted by molar-refractivity contribution is 6.09. The Balaban J connectivity index is 1.36. The molecule has 1 aromatic heterocycles. The number of rotatable bonds is 7. The van der Waals surface area contributed by atoms with Crippen molar-refractivity contribution in [1.29, 1.82) is 0 Å². The molecule has 4 aromatic carbocycles. The van der Waals surface area contributed by atoms with Gasteiger partial charge >= 0.3 is 12.1 Å². The van der Waals surface area contributed by atoms with Crippen molar-refractivity contribution in [3.8, 4) is 22.3 Å². The van der Waals surface area contributed by atoms with E-state index in [0.717, 1.165) is 49.8 Å². The third kappa shape index (κ3) is 6.07. The number of carbonyl (C=O) groups is 2. The summed E-state index contributed by atoms with van der Waals surface area (Å²) in [4.78, 5) is 23.7. The van der Waals surface area contributed by atoms with E-state index in [9.17, 15) is 14.7 Å². The van der Waals surface area contributed by atoms with Gasteiger partial charge in [0.25, 0.3) is 0 Å². The molecule has 1 amide bonds. The second-order valence-electron chi connectivity index (χ2n) is 10.7. The van der Waals surface area contributed by atoms with Gasteiger partial charge < -0.3 is 19.6 Å². The molecule has 0 saturated carbocycles. The number of hydrogen-bond acceptors (Lipinski definition) is 4. The molecule has 1 unspecified atom stereocenters. The van der Waals surface area contributed by atoms with Crippen LogP contribution in [0.2, 0.25) is 0 Å². The fourth-order valence-electron chi connectivity index (χ4n) is 4.67. The van der Waals surface area contributed by atoms with Crippen LogP contribution in [0.15, 0.2) is 101 Å². The molecule has 0 aliphatic carbocycles. The first-order chi connectivity index (χ1) is 19.2. The Morgan fingerprint density at radius 2 is 1.55 bits per heavy atom. The normalized spacial score (nSPS) is 12.6. The summed E-state index contributed by atoms with van der Waals surface area (Å²) in [7, 11) is 0. The number of ether oxygens (including phenoxy) is 1. The lowest BCUT2D eigenvalue weighted by molar-refractivity contribution is -0.139. The van der Waals surface area contributed by atoms with Crippen molar-refractivity contribution in [2.75, 3.05) is 0 Å². The fourth-order valence-corrected chi connectivity index (χ4v) is 4.67. The minimum atomic E-state index is -1.12. The second-order valence-corrected chi connectivity index (χ2v) is 10.7. The number of aliphatic carboxylic acids is 1. The molecule has 0 aliphatic rings. The first-order valence-corrected chi connectivity index (χ1v) is 13.2. The highest BCUT2D eigenvalue weighted by Crippen LogP contribution is 2.36. The van der Waals surface area contributed by atoms with Crippen LogP contribution in [0.3, 0.4) is 0 Å². The Kier molecular flexibility index (Phi) is 7.43. The molecule has 5 aromatic rings. The van der Waals surface area contributed by atoms with Crippen molar-refractivity contribution in [1.82, 2.24) is 5.32 Å². The number of para-hydroxylation sites is 2. The van der Waals surface area contributed by atoms with E-state index in [1.165, 1.54) is 0 Å². The van der Waals surface area contributed by atoms with Crippen molar-refractivity contribution < 1.29 is 23.8 Å². The van der Waals surface area contributed by atoms with E-state index in [1.54, 1.807) is 26.8 Å². The Bertz CT molecular complexity index is 1720. The number of alkyl carbamates (subject to hydrolysis) is 1. The smallest absolute Gasteiger partial charge is 0.408 e. The maximum absolute atomic E-state index is 12.0. The monoisotopic (exact) mass is 533 g/mol. The quantitative estimate of drug-likeness (QED) is 0.220. The van der Waals surface area contributed by atoms with Crippen LogP contribution < -0.4 is 5.32 Å². The summed E-state index contributed by atoms with van der Waals surface area (Å²) in [5.74, 6) is -1.12. The third-order valence-corrected chi connectivity index (χ3v) is 6.47. The van der Waals surface area contributed by atoms with E-state index in [0.29, 0.717) is 0 Å². The zero-order valence-corrected chi connectivity index (χ0v) is 22.7. The Hall–Kier alpha value is -4.84. The maximum atomic E-state index is 12.0. The van der Waals surface area contributed by atoms with E-state index in [1.807, 2.05) is 48.5 Å². The molecular weight excluding hydrogens is 502 g/mol. The Labute approximate surface area is 232 Å². The Morgan fingerprint density at radius 1 is 0.875 bits per heavy atom. The number of carboxylic acid groups (broad SMARTS) is 1. The van der Waals surface area contributed by atoms with Gasteiger partial charge in [0.2, 0.25) is 0 Å². The fraction of sp³-hybridized carbons (Fsp3) is 0.176. The molecule has 0 spiro atoms. The second kappa shape index (κ2) is 11.1. The first-order valence-electron chi connectivity index (χ1n) is 13.2. The van der Waals surface area contributed by atoms with Crippen molar-refractivity contribution in [3.05, 3.63) is 103 Å². The van der Waals surface area contributed by atoms with Crippen LogP contribution in [0.25, 0.3) is 50.3 Å².